The van der Waals surface area contributed by atoms with E-state index in [2.05, 4.69) is 10.3 Å². The number of hydrogen-bond donors (Lipinski definition) is 1. The van der Waals surface area contributed by atoms with Crippen molar-refractivity contribution in [3.05, 3.63) is 80.8 Å². The summed E-state index contributed by atoms with van der Waals surface area (Å²) in [6.07, 6.45) is 5.43. The van der Waals surface area contributed by atoms with E-state index in [-0.39, 0.29) is 17.9 Å². The Bertz CT molecular complexity index is 1170. The van der Waals surface area contributed by atoms with Crippen LogP contribution >= 0.6 is 11.3 Å². The molecule has 0 radical (unpaired) electrons. The predicted molar refractivity (Wildman–Crippen MR) is 139 cm³/mol. The van der Waals surface area contributed by atoms with Crippen LogP contribution in [0.1, 0.15) is 75.2 Å². The van der Waals surface area contributed by atoms with E-state index in [9.17, 15) is 9.59 Å². The van der Waals surface area contributed by atoms with Gasteiger partial charge in [0.2, 0.25) is 5.91 Å². The highest BCUT2D eigenvalue weighted by molar-refractivity contribution is 7.13. The molecule has 0 bridgehead atoms. The number of hydrogen-bond acceptors (Lipinski definition) is 4. The van der Waals surface area contributed by atoms with Crippen LogP contribution in [0, 0.1) is 27.7 Å². The zero-order chi connectivity index (χ0) is 24.2. The average molecular weight is 476 g/mol. The molecule has 6 heteroatoms. The van der Waals surface area contributed by atoms with Crippen molar-refractivity contribution in [2.45, 2.75) is 71.9 Å². The summed E-state index contributed by atoms with van der Waals surface area (Å²) in [5, 5.41) is 4.12. The minimum Gasteiger partial charge on any atom is -0.351 e. The Morgan fingerprint density at radius 2 is 1.71 bits per heavy atom. The van der Waals surface area contributed by atoms with Gasteiger partial charge in [0, 0.05) is 11.7 Å². The Hall–Kier alpha value is -2.99. The number of thiazole rings is 1. The van der Waals surface area contributed by atoms with Gasteiger partial charge in [-0.3, -0.25) is 14.5 Å². The zero-order valence-electron chi connectivity index (χ0n) is 20.4. The van der Waals surface area contributed by atoms with Crippen LogP contribution in [-0.2, 0) is 4.79 Å². The van der Waals surface area contributed by atoms with Crippen LogP contribution in [0.5, 0.6) is 0 Å². The first-order valence-electron chi connectivity index (χ1n) is 12.1. The number of aromatic nitrogens is 1. The van der Waals surface area contributed by atoms with Crippen LogP contribution in [0.3, 0.4) is 0 Å². The fourth-order valence-electron chi connectivity index (χ4n) is 4.76. The summed E-state index contributed by atoms with van der Waals surface area (Å²) < 4.78 is 0. The summed E-state index contributed by atoms with van der Waals surface area (Å²) in [6, 6.07) is 15.0. The average Bonchev–Trinajstić information content (AvgIpc) is 3.17. The predicted octanol–water partition coefficient (Wildman–Crippen LogP) is 6.21. The van der Waals surface area contributed by atoms with E-state index in [1.165, 1.54) is 17.8 Å². The molecule has 1 fully saturated rings. The maximum atomic E-state index is 14.2. The van der Waals surface area contributed by atoms with Gasteiger partial charge in [-0.15, -0.1) is 11.3 Å². The van der Waals surface area contributed by atoms with Gasteiger partial charge in [0.05, 0.1) is 10.7 Å². The first-order valence-corrected chi connectivity index (χ1v) is 12.9. The lowest BCUT2D eigenvalue weighted by Gasteiger charge is -2.34. The van der Waals surface area contributed by atoms with E-state index in [4.69, 9.17) is 0 Å². The molecule has 1 N–H and O–H groups in total. The lowest BCUT2D eigenvalue weighted by atomic mass is 9.94. The second kappa shape index (κ2) is 10.5. The number of amides is 2. The Morgan fingerprint density at radius 1 is 1.00 bits per heavy atom. The number of nitrogens with one attached hydrogen (secondary N) is 1. The van der Waals surface area contributed by atoms with E-state index in [0.717, 1.165) is 53.1 Å². The molecule has 1 unspecified atom stereocenters. The first-order chi connectivity index (χ1) is 16.3. The zero-order valence-corrected chi connectivity index (χ0v) is 21.2. The third-order valence-corrected chi connectivity index (χ3v) is 7.58. The highest BCUT2D eigenvalue weighted by atomic mass is 32.1. The van der Waals surface area contributed by atoms with Gasteiger partial charge < -0.3 is 5.32 Å². The minimum atomic E-state index is -0.780. The molecule has 1 saturated carbocycles. The third-order valence-electron chi connectivity index (χ3n) is 6.51. The number of rotatable bonds is 6. The molecule has 0 aliphatic heterocycles. The van der Waals surface area contributed by atoms with Crippen LogP contribution in [0.25, 0.3) is 0 Å². The van der Waals surface area contributed by atoms with Crippen LogP contribution in [-0.4, -0.2) is 22.8 Å². The first kappa shape index (κ1) is 24.1. The molecule has 4 rings (SSSR count). The van der Waals surface area contributed by atoms with Crippen molar-refractivity contribution in [3.63, 3.8) is 0 Å². The number of anilines is 1. The summed E-state index contributed by atoms with van der Waals surface area (Å²) in [5.74, 6) is -0.323. The fourth-order valence-corrected chi connectivity index (χ4v) is 5.62. The van der Waals surface area contributed by atoms with Crippen molar-refractivity contribution in [1.29, 1.82) is 0 Å². The smallest absolute Gasteiger partial charge is 0.271 e. The normalized spacial score (nSPS) is 15.1. The van der Waals surface area contributed by atoms with Gasteiger partial charge in [-0.25, -0.2) is 4.98 Å². The van der Waals surface area contributed by atoms with Crippen LogP contribution < -0.4 is 10.2 Å². The van der Waals surface area contributed by atoms with Gasteiger partial charge in [0.15, 0.2) is 0 Å². The second-order valence-corrected chi connectivity index (χ2v) is 10.5. The number of carbonyl (C=O) groups is 2. The van der Waals surface area contributed by atoms with E-state index < -0.39 is 6.04 Å². The van der Waals surface area contributed by atoms with Crippen molar-refractivity contribution in [1.82, 2.24) is 10.3 Å². The molecule has 34 heavy (non-hydrogen) atoms. The summed E-state index contributed by atoms with van der Waals surface area (Å²) in [5.41, 5.74) is 4.23. The van der Waals surface area contributed by atoms with Gasteiger partial charge in [-0.05, 0) is 63.3 Å². The van der Waals surface area contributed by atoms with Gasteiger partial charge in [-0.2, -0.15) is 0 Å². The molecule has 5 nitrogen and oxygen atoms in total. The molecule has 178 valence electrons. The molecule has 2 amide bonds. The van der Waals surface area contributed by atoms with Crippen molar-refractivity contribution in [2.24, 2.45) is 0 Å². The molecule has 2 aromatic carbocycles. The maximum absolute atomic E-state index is 14.2. The molecule has 0 spiro atoms. The molecule has 1 aliphatic carbocycles. The lowest BCUT2D eigenvalue weighted by molar-refractivity contribution is -0.123. The Balaban J connectivity index is 1.85. The summed E-state index contributed by atoms with van der Waals surface area (Å²) in [7, 11) is 0. The molecular formula is C28H33N3O2S. The molecule has 3 aromatic rings. The number of carbonyl (C=O) groups excluding carboxylic acids is 2. The van der Waals surface area contributed by atoms with E-state index in [0.29, 0.717) is 10.6 Å². The van der Waals surface area contributed by atoms with E-state index in [1.54, 1.807) is 4.90 Å². The van der Waals surface area contributed by atoms with Gasteiger partial charge >= 0.3 is 0 Å². The summed E-state index contributed by atoms with van der Waals surface area (Å²) in [4.78, 5) is 34.9. The van der Waals surface area contributed by atoms with Crippen LogP contribution in [0.4, 0.5) is 5.69 Å². The summed E-state index contributed by atoms with van der Waals surface area (Å²) >= 11 is 1.38. The van der Waals surface area contributed by atoms with Crippen molar-refractivity contribution < 1.29 is 9.59 Å². The van der Waals surface area contributed by atoms with Gasteiger partial charge in [0.25, 0.3) is 5.91 Å². The Labute approximate surface area is 206 Å². The molecule has 1 aromatic heterocycles. The van der Waals surface area contributed by atoms with Crippen molar-refractivity contribution in [2.75, 3.05) is 4.90 Å². The molecule has 1 atom stereocenters. The SMILES string of the molecule is Cc1ccc(C)c(N(C(=O)c2sc(C)nc2C)C(C(=O)NC2CCCCC2)c2ccccc2)c1. The highest BCUT2D eigenvalue weighted by Gasteiger charge is 2.36. The highest BCUT2D eigenvalue weighted by Crippen LogP contribution is 2.35. The van der Waals surface area contributed by atoms with Crippen LogP contribution in [0.15, 0.2) is 48.5 Å². The van der Waals surface area contributed by atoms with E-state index in [1.807, 2.05) is 76.2 Å². The number of aryl methyl sites for hydroxylation is 4. The quantitative estimate of drug-likeness (QED) is 0.461. The topological polar surface area (TPSA) is 62.3 Å². The van der Waals surface area contributed by atoms with Crippen LogP contribution in [0.2, 0.25) is 0 Å². The Kier molecular flexibility index (Phi) is 7.47. The number of nitrogens with zero attached hydrogens (tertiary/aromatic N) is 2. The monoisotopic (exact) mass is 475 g/mol. The number of benzene rings is 2. The van der Waals surface area contributed by atoms with Crippen molar-refractivity contribution >= 4 is 28.8 Å². The molecule has 1 heterocycles. The molecule has 0 saturated heterocycles. The lowest BCUT2D eigenvalue weighted by Crippen LogP contribution is -2.47. The fraction of sp³-hybridized carbons (Fsp3) is 0.393. The standard InChI is InChI=1S/C28H33N3O2S/c1-18-15-16-19(2)24(17-18)31(28(33)26-20(3)29-21(4)34-26)25(22-11-7-5-8-12-22)27(32)30-23-13-9-6-10-14-23/h5,7-8,11-12,15-17,23,25H,6,9-10,13-14H2,1-4H3,(H,30,32). The third kappa shape index (κ3) is 5.22. The second-order valence-electron chi connectivity index (χ2n) is 9.27. The van der Waals surface area contributed by atoms with Crippen molar-refractivity contribution in [3.8, 4) is 0 Å². The minimum absolute atomic E-state index is 0.133. The molecular weight excluding hydrogens is 442 g/mol. The van der Waals surface area contributed by atoms with E-state index >= 15 is 0 Å². The van der Waals surface area contributed by atoms with Gasteiger partial charge in [-0.1, -0.05) is 61.7 Å². The summed E-state index contributed by atoms with van der Waals surface area (Å²) in [6.45, 7) is 7.76. The maximum Gasteiger partial charge on any atom is 0.271 e. The largest absolute Gasteiger partial charge is 0.351 e. The Morgan fingerprint density at radius 3 is 2.35 bits per heavy atom. The van der Waals surface area contributed by atoms with Gasteiger partial charge in [0.1, 0.15) is 10.9 Å². The molecule has 1 aliphatic rings.